The van der Waals surface area contributed by atoms with Crippen molar-refractivity contribution in [3.63, 3.8) is 0 Å². The van der Waals surface area contributed by atoms with E-state index in [1.54, 1.807) is 0 Å². The van der Waals surface area contributed by atoms with E-state index in [9.17, 15) is 0 Å². The van der Waals surface area contributed by atoms with Gasteiger partial charge in [-0.15, -0.1) is 0 Å². The zero-order valence-corrected chi connectivity index (χ0v) is 11.4. The number of allylic oxidation sites excluding steroid dienone is 1. The molecule has 1 aromatic rings. The van der Waals surface area contributed by atoms with E-state index in [-0.39, 0.29) is 5.41 Å². The Morgan fingerprint density at radius 2 is 1.71 bits per heavy atom. The molecule has 0 bridgehead atoms. The number of aliphatic imine (C=N–C) groups is 1. The summed E-state index contributed by atoms with van der Waals surface area (Å²) in [4.78, 5) is 4.70. The van der Waals surface area contributed by atoms with E-state index in [0.29, 0.717) is 0 Å². The van der Waals surface area contributed by atoms with Crippen LogP contribution < -0.4 is 5.46 Å². The van der Waals surface area contributed by atoms with Crippen molar-refractivity contribution in [1.29, 1.82) is 0 Å². The van der Waals surface area contributed by atoms with E-state index in [1.807, 2.05) is 37.3 Å². The molecule has 0 saturated heterocycles. The SMILES string of the molecule is [B]c1ccc(/C(=C/C)N=C(C)C(C)(C)C)cc1. The quantitative estimate of drug-likeness (QED) is 0.540. The van der Waals surface area contributed by atoms with Crippen molar-refractivity contribution in [2.45, 2.75) is 34.6 Å². The van der Waals surface area contributed by atoms with Crippen LogP contribution in [0, 0.1) is 5.41 Å². The predicted octanol–water partition coefficient (Wildman–Crippen LogP) is 3.35. The van der Waals surface area contributed by atoms with Crippen LogP contribution in [0.3, 0.4) is 0 Å². The second-order valence-electron chi connectivity index (χ2n) is 5.24. The Hall–Kier alpha value is -1.31. The lowest BCUT2D eigenvalue weighted by atomic mass is 9.90. The van der Waals surface area contributed by atoms with Crippen molar-refractivity contribution in [1.82, 2.24) is 0 Å². The normalized spacial score (nSPS) is 13.9. The molecule has 0 atom stereocenters. The van der Waals surface area contributed by atoms with Crippen molar-refractivity contribution in [3.05, 3.63) is 35.9 Å². The van der Waals surface area contributed by atoms with Crippen LogP contribution in [0.2, 0.25) is 0 Å². The molecule has 0 aromatic heterocycles. The van der Waals surface area contributed by atoms with Gasteiger partial charge in [-0.3, -0.25) is 4.99 Å². The molecule has 0 aliphatic rings. The summed E-state index contributed by atoms with van der Waals surface area (Å²) in [6, 6.07) is 7.82. The lowest BCUT2D eigenvalue weighted by Gasteiger charge is -2.18. The third-order valence-electron chi connectivity index (χ3n) is 2.85. The molecule has 0 fully saturated rings. The highest BCUT2D eigenvalue weighted by atomic mass is 14.8. The molecule has 1 rings (SSSR count). The molecule has 0 unspecified atom stereocenters. The molecule has 17 heavy (non-hydrogen) atoms. The van der Waals surface area contributed by atoms with Crippen LogP contribution in [0.15, 0.2) is 35.3 Å². The van der Waals surface area contributed by atoms with Crippen molar-refractivity contribution < 1.29 is 0 Å². The first kappa shape index (κ1) is 13.8. The highest BCUT2D eigenvalue weighted by Crippen LogP contribution is 2.21. The summed E-state index contributed by atoms with van der Waals surface area (Å²) in [5.74, 6) is 0. The maximum Gasteiger partial charge on any atom is 0.113 e. The number of benzene rings is 1. The average Bonchev–Trinajstić information content (AvgIpc) is 2.25. The average molecular weight is 225 g/mol. The molecule has 0 heterocycles. The molecule has 2 heteroatoms. The molecule has 1 aromatic carbocycles. The van der Waals surface area contributed by atoms with Crippen LogP contribution in [0.1, 0.15) is 40.2 Å². The third-order valence-corrected chi connectivity index (χ3v) is 2.85. The molecule has 0 aliphatic carbocycles. The number of hydrogen-bond acceptors (Lipinski definition) is 1. The maximum atomic E-state index is 5.68. The van der Waals surface area contributed by atoms with E-state index in [0.717, 1.165) is 22.4 Å². The van der Waals surface area contributed by atoms with Crippen LogP contribution in [0.5, 0.6) is 0 Å². The monoisotopic (exact) mass is 225 g/mol. The van der Waals surface area contributed by atoms with Gasteiger partial charge < -0.3 is 0 Å². The Labute approximate surface area is 106 Å². The van der Waals surface area contributed by atoms with Gasteiger partial charge in [0, 0.05) is 5.71 Å². The Morgan fingerprint density at radius 1 is 1.18 bits per heavy atom. The lowest BCUT2D eigenvalue weighted by molar-refractivity contribution is 0.588. The minimum absolute atomic E-state index is 0.0993. The molecule has 0 saturated carbocycles. The van der Waals surface area contributed by atoms with Crippen molar-refractivity contribution >= 4 is 24.7 Å². The molecular formula is C15H20BN. The predicted molar refractivity (Wildman–Crippen MR) is 78.0 cm³/mol. The first-order chi connectivity index (χ1) is 7.84. The van der Waals surface area contributed by atoms with Crippen LogP contribution in [-0.2, 0) is 0 Å². The van der Waals surface area contributed by atoms with Gasteiger partial charge in [0.15, 0.2) is 0 Å². The topological polar surface area (TPSA) is 12.4 Å². The van der Waals surface area contributed by atoms with Crippen molar-refractivity contribution in [3.8, 4) is 0 Å². The highest BCUT2D eigenvalue weighted by molar-refractivity contribution is 6.32. The van der Waals surface area contributed by atoms with Gasteiger partial charge in [-0.05, 0) is 24.8 Å². The van der Waals surface area contributed by atoms with E-state index < -0.39 is 0 Å². The van der Waals surface area contributed by atoms with Gasteiger partial charge in [-0.25, -0.2) is 0 Å². The molecular weight excluding hydrogens is 205 g/mol. The summed E-state index contributed by atoms with van der Waals surface area (Å²) in [6.45, 7) is 10.6. The molecule has 0 amide bonds. The highest BCUT2D eigenvalue weighted by Gasteiger charge is 2.14. The Kier molecular flexibility index (Phi) is 4.33. The largest absolute Gasteiger partial charge is 0.257 e. The molecule has 0 aliphatic heterocycles. The summed E-state index contributed by atoms with van der Waals surface area (Å²) in [5, 5.41) is 0. The second kappa shape index (κ2) is 5.35. The van der Waals surface area contributed by atoms with Gasteiger partial charge in [-0.2, -0.15) is 0 Å². The summed E-state index contributed by atoms with van der Waals surface area (Å²) >= 11 is 0. The van der Waals surface area contributed by atoms with Crippen molar-refractivity contribution in [2.75, 3.05) is 0 Å². The summed E-state index contributed by atoms with van der Waals surface area (Å²) in [6.07, 6.45) is 2.03. The minimum Gasteiger partial charge on any atom is -0.257 e. The van der Waals surface area contributed by atoms with Gasteiger partial charge in [-0.1, -0.05) is 56.6 Å². The molecule has 2 radical (unpaired) electrons. The smallest absolute Gasteiger partial charge is 0.113 e. The molecule has 0 N–H and O–H groups in total. The van der Waals surface area contributed by atoms with E-state index in [1.165, 1.54) is 0 Å². The zero-order chi connectivity index (χ0) is 13.1. The maximum absolute atomic E-state index is 5.68. The standard InChI is InChI=1S/C15H20BN/c1-6-14(17-11(2)15(3,4)5)12-7-9-13(16)10-8-12/h6-10H,1-5H3/b14-6-,17-11?. The lowest BCUT2D eigenvalue weighted by Crippen LogP contribution is -2.16. The van der Waals surface area contributed by atoms with Gasteiger partial charge >= 0.3 is 0 Å². The molecule has 88 valence electrons. The Balaban J connectivity index is 3.07. The number of nitrogens with zero attached hydrogens (tertiary/aromatic N) is 1. The summed E-state index contributed by atoms with van der Waals surface area (Å²) in [5.41, 5.74) is 4.10. The minimum atomic E-state index is 0.0993. The molecule has 1 nitrogen and oxygen atoms in total. The van der Waals surface area contributed by atoms with E-state index >= 15 is 0 Å². The van der Waals surface area contributed by atoms with E-state index in [2.05, 4.69) is 27.7 Å². The van der Waals surface area contributed by atoms with Gasteiger partial charge in [0.1, 0.15) is 7.85 Å². The summed E-state index contributed by atoms with van der Waals surface area (Å²) in [7, 11) is 5.68. The first-order valence-electron chi connectivity index (χ1n) is 5.92. The third kappa shape index (κ3) is 3.88. The number of hydrogen-bond donors (Lipinski definition) is 0. The van der Waals surface area contributed by atoms with Crippen LogP contribution >= 0.6 is 0 Å². The zero-order valence-electron chi connectivity index (χ0n) is 11.4. The van der Waals surface area contributed by atoms with Crippen molar-refractivity contribution in [2.24, 2.45) is 10.4 Å². The van der Waals surface area contributed by atoms with Crippen LogP contribution in [-0.4, -0.2) is 13.6 Å². The van der Waals surface area contributed by atoms with Crippen LogP contribution in [0.4, 0.5) is 0 Å². The summed E-state index contributed by atoms with van der Waals surface area (Å²) < 4.78 is 0. The number of rotatable bonds is 2. The second-order valence-corrected chi connectivity index (χ2v) is 5.24. The fourth-order valence-electron chi connectivity index (χ4n) is 1.30. The van der Waals surface area contributed by atoms with Gasteiger partial charge in [0.2, 0.25) is 0 Å². The van der Waals surface area contributed by atoms with Gasteiger partial charge in [0.05, 0.1) is 5.70 Å². The fraction of sp³-hybridized carbons (Fsp3) is 0.400. The van der Waals surface area contributed by atoms with E-state index in [4.69, 9.17) is 12.8 Å². The van der Waals surface area contributed by atoms with Crippen LogP contribution in [0.25, 0.3) is 5.70 Å². The molecule has 0 spiro atoms. The first-order valence-corrected chi connectivity index (χ1v) is 5.92. The fourth-order valence-corrected chi connectivity index (χ4v) is 1.30. The van der Waals surface area contributed by atoms with Gasteiger partial charge in [0.25, 0.3) is 0 Å². The Bertz CT molecular complexity index is 433. The Morgan fingerprint density at radius 3 is 2.12 bits per heavy atom.